The Balaban J connectivity index is -0.0000000651. The van der Waals surface area contributed by atoms with E-state index in [9.17, 15) is 0 Å². The Morgan fingerprint density at radius 2 is 1.43 bits per heavy atom. The lowest BCUT2D eigenvalue weighted by molar-refractivity contribution is -0.870. The van der Waals surface area contributed by atoms with Crippen LogP contribution in [0.1, 0.15) is 6.92 Å². The lowest BCUT2D eigenvalue weighted by Gasteiger charge is -2.21. The molecule has 0 fully saturated rings. The summed E-state index contributed by atoms with van der Waals surface area (Å²) in [6.45, 7) is 2.50. The molecule has 0 aliphatic rings. The highest BCUT2D eigenvalue weighted by molar-refractivity contribution is 4.34. The van der Waals surface area contributed by atoms with Crippen molar-refractivity contribution in [2.75, 3.05) is 40.9 Å². The van der Waals surface area contributed by atoms with Crippen LogP contribution in [-0.2, 0) is 0 Å². The normalized spacial score (nSPS) is 11.4. The molecular weight excluding hydrogens is 210 g/mol. The van der Waals surface area contributed by atoms with Crippen molar-refractivity contribution in [1.82, 2.24) is 0 Å². The molecule has 0 aromatic heterocycles. The first-order valence-corrected chi connectivity index (χ1v) is 4.03. The third-order valence-electron chi connectivity index (χ3n) is 1.04. The smallest absolute Gasteiger partial charge is 0.101 e. The van der Waals surface area contributed by atoms with Gasteiger partial charge in [-0.15, -0.1) is 0 Å². The minimum Gasteiger partial charge on any atom is -1.00 e. The third-order valence-corrected chi connectivity index (χ3v) is 1.04. The molecule has 14 heavy (non-hydrogen) atoms. The highest BCUT2D eigenvalue weighted by Crippen LogP contribution is 1.84. The minimum atomic E-state index is -0.560. The zero-order valence-electron chi connectivity index (χ0n) is 9.37. The van der Waals surface area contributed by atoms with Crippen LogP contribution >= 0.6 is 0 Å². The number of quaternary nitrogens is 1. The van der Waals surface area contributed by atoms with E-state index in [1.165, 1.54) is 6.92 Å². The van der Waals surface area contributed by atoms with E-state index in [1.807, 2.05) is 0 Å². The van der Waals surface area contributed by atoms with Crippen LogP contribution in [0.5, 0.6) is 0 Å². The monoisotopic (exact) mass is 233 g/mol. The first-order chi connectivity index (χ1) is 5.33. The van der Waals surface area contributed by atoms with Crippen molar-refractivity contribution in [3.63, 3.8) is 0 Å². The molecule has 0 rings (SSSR count). The molecule has 0 amide bonds. The summed E-state index contributed by atoms with van der Waals surface area (Å²) < 4.78 is 0.844. The summed E-state index contributed by atoms with van der Waals surface area (Å²) in [6.07, 6.45) is -0.560. The van der Waals surface area contributed by atoms with Gasteiger partial charge in [0.05, 0.1) is 40.5 Å². The Morgan fingerprint density at radius 1 is 1.14 bits per heavy atom. The number of hydrogen-bond donors (Lipinski definition) is 3. The molecule has 1 atom stereocenters. The van der Waals surface area contributed by atoms with Crippen LogP contribution in [-0.4, -0.2) is 72.3 Å². The van der Waals surface area contributed by atoms with E-state index in [2.05, 4.69) is 21.1 Å². The van der Waals surface area contributed by atoms with Crippen LogP contribution in [0, 0.1) is 0 Å². The van der Waals surface area contributed by atoms with Gasteiger partial charge in [-0.2, -0.15) is 0 Å². The first-order valence-electron chi connectivity index (χ1n) is 4.03. The van der Waals surface area contributed by atoms with Gasteiger partial charge in [0.1, 0.15) is 6.54 Å². The molecule has 0 saturated heterocycles. The second kappa shape index (κ2) is 13.1. The molecule has 0 aromatic carbocycles. The number of hydrogen-bond acceptors (Lipinski definition) is 3. The Labute approximate surface area is 92.3 Å². The molecule has 5 nitrogen and oxygen atoms in total. The van der Waals surface area contributed by atoms with Gasteiger partial charge in [0, 0.05) is 0 Å². The number of nitrogens with zero attached hydrogens (tertiary/aromatic N) is 1. The molecule has 0 heterocycles. The summed E-state index contributed by atoms with van der Waals surface area (Å²) in [7, 11) is 6.16. The van der Waals surface area contributed by atoms with Gasteiger partial charge < -0.3 is 37.7 Å². The van der Waals surface area contributed by atoms with E-state index < -0.39 is 6.10 Å². The molecule has 0 aliphatic heterocycles. The Hall–Kier alpha value is 0.0900. The molecular formula is C8H24ClNO4. The van der Waals surface area contributed by atoms with Gasteiger partial charge in [-0.05, 0) is 6.92 Å². The van der Waals surface area contributed by atoms with E-state index in [-0.39, 0.29) is 31.1 Å². The fourth-order valence-corrected chi connectivity index (χ4v) is 0.300. The van der Waals surface area contributed by atoms with E-state index >= 15 is 0 Å². The first kappa shape index (κ1) is 23.7. The fourth-order valence-electron chi connectivity index (χ4n) is 0.300. The van der Waals surface area contributed by atoms with Gasteiger partial charge in [0.15, 0.2) is 0 Å². The Bertz CT molecular complexity index is 95.8. The summed E-state index contributed by atoms with van der Waals surface area (Å²) in [4.78, 5) is 0. The van der Waals surface area contributed by atoms with Crippen molar-refractivity contribution in [3.8, 4) is 0 Å². The summed E-state index contributed by atoms with van der Waals surface area (Å²) >= 11 is 0. The van der Waals surface area contributed by atoms with Crippen molar-refractivity contribution in [2.45, 2.75) is 13.0 Å². The Morgan fingerprint density at radius 3 is 1.43 bits per heavy atom. The summed E-state index contributed by atoms with van der Waals surface area (Å²) in [5, 5.41) is 24.4. The van der Waals surface area contributed by atoms with Crippen LogP contribution in [0.4, 0.5) is 0 Å². The van der Waals surface area contributed by atoms with Gasteiger partial charge in [-0.25, -0.2) is 0 Å². The minimum absolute atomic E-state index is 0. The van der Waals surface area contributed by atoms with E-state index in [0.29, 0.717) is 0 Å². The maximum atomic E-state index is 8.39. The van der Waals surface area contributed by atoms with Crippen LogP contribution in [0.15, 0.2) is 0 Å². The van der Waals surface area contributed by atoms with Crippen molar-refractivity contribution < 1.29 is 37.7 Å². The molecule has 0 spiro atoms. The maximum absolute atomic E-state index is 8.39. The van der Waals surface area contributed by atoms with E-state index in [1.54, 1.807) is 0 Å². The predicted octanol–water partition coefficient (Wildman–Crippen LogP) is -4.78. The summed E-state index contributed by atoms with van der Waals surface area (Å²) in [5.74, 6) is 0. The van der Waals surface area contributed by atoms with Crippen LogP contribution in [0.2, 0.25) is 0 Å². The number of likely N-dealkylation sites (N-methyl/N-ethyl adjacent to an activating group) is 1. The van der Waals surface area contributed by atoms with Gasteiger partial charge >= 0.3 is 0 Å². The lowest BCUT2D eigenvalue weighted by Crippen LogP contribution is -3.00. The highest BCUT2D eigenvalue weighted by Gasteiger charge is 2.02. The third kappa shape index (κ3) is 40.1. The van der Waals surface area contributed by atoms with Crippen molar-refractivity contribution in [2.24, 2.45) is 0 Å². The maximum Gasteiger partial charge on any atom is 0.101 e. The average molecular weight is 234 g/mol. The van der Waals surface area contributed by atoms with Crippen molar-refractivity contribution in [1.29, 1.82) is 0 Å². The Kier molecular flexibility index (Phi) is 22.2. The van der Waals surface area contributed by atoms with Crippen molar-refractivity contribution >= 4 is 0 Å². The molecule has 1 unspecified atom stereocenters. The SMILES string of the molecule is CC(O)CO.C[N+](C)(C)CCO.O.[Cl-]. The molecule has 0 aliphatic carbocycles. The number of aliphatic hydroxyl groups is 3. The topological polar surface area (TPSA) is 92.2 Å². The van der Waals surface area contributed by atoms with Gasteiger partial charge in [-0.1, -0.05) is 0 Å². The summed E-state index contributed by atoms with van der Waals surface area (Å²) in [5.41, 5.74) is 0. The molecule has 0 saturated carbocycles. The molecule has 0 radical (unpaired) electrons. The van der Waals surface area contributed by atoms with Crippen LogP contribution < -0.4 is 12.4 Å². The molecule has 0 bridgehead atoms. The average Bonchev–Trinajstić information content (AvgIpc) is 1.86. The van der Waals surface area contributed by atoms with Gasteiger partial charge in [0.2, 0.25) is 0 Å². The second-order valence-electron chi connectivity index (χ2n) is 3.77. The van der Waals surface area contributed by atoms with E-state index in [0.717, 1.165) is 11.0 Å². The zero-order valence-corrected chi connectivity index (χ0v) is 10.1. The second-order valence-corrected chi connectivity index (χ2v) is 3.77. The number of rotatable bonds is 3. The van der Waals surface area contributed by atoms with Gasteiger partial charge in [0.25, 0.3) is 0 Å². The van der Waals surface area contributed by atoms with Gasteiger partial charge in [-0.3, -0.25) is 0 Å². The molecule has 5 N–H and O–H groups in total. The number of aliphatic hydroxyl groups excluding tert-OH is 3. The molecule has 6 heteroatoms. The summed E-state index contributed by atoms with van der Waals surface area (Å²) in [6, 6.07) is 0. The molecule has 0 aromatic rings. The standard InChI is InChI=1S/C5H14NO.C3H8O2.ClH.H2O/c1-6(2,3)4-5-7;1-3(5)2-4;;/h7H,4-5H2,1-3H3;3-5H,2H2,1H3;1H;1H2/q+1;;;/p-1. The fraction of sp³-hybridized carbons (Fsp3) is 1.00. The predicted molar refractivity (Wildman–Crippen MR) is 52.4 cm³/mol. The number of halogens is 1. The lowest BCUT2D eigenvalue weighted by atomic mass is 10.5. The van der Waals surface area contributed by atoms with Crippen LogP contribution in [0.25, 0.3) is 0 Å². The van der Waals surface area contributed by atoms with E-state index in [4.69, 9.17) is 15.3 Å². The quantitative estimate of drug-likeness (QED) is 0.428. The molecule has 92 valence electrons. The zero-order chi connectivity index (χ0) is 10.2. The van der Waals surface area contributed by atoms with Crippen molar-refractivity contribution in [3.05, 3.63) is 0 Å². The van der Waals surface area contributed by atoms with Crippen LogP contribution in [0.3, 0.4) is 0 Å². The highest BCUT2D eigenvalue weighted by atomic mass is 35.5. The largest absolute Gasteiger partial charge is 1.00 e.